The molecule has 0 amide bonds. The quantitative estimate of drug-likeness (QED) is 0.386. The van der Waals surface area contributed by atoms with Crippen LogP contribution in [0, 0.1) is 0 Å². The minimum absolute atomic E-state index is 0.283. The second kappa shape index (κ2) is 8.04. The number of benzene rings is 3. The molecule has 0 nitrogen and oxygen atoms in total. The molecule has 0 radical (unpaired) electrons. The van der Waals surface area contributed by atoms with Crippen LogP contribution < -0.4 is 0 Å². The van der Waals surface area contributed by atoms with Gasteiger partial charge in [-0.25, -0.2) is 0 Å². The van der Waals surface area contributed by atoms with Gasteiger partial charge in [0.25, 0.3) is 0 Å². The van der Waals surface area contributed by atoms with Crippen molar-refractivity contribution in [3.8, 4) is 22.3 Å². The summed E-state index contributed by atoms with van der Waals surface area (Å²) in [5.41, 5.74) is 10.5. The minimum atomic E-state index is -0.283. The molecule has 0 bridgehead atoms. The first-order valence-corrected chi connectivity index (χ1v) is 11.3. The molecule has 2 aliphatic carbocycles. The molecule has 0 heteroatoms. The van der Waals surface area contributed by atoms with E-state index < -0.39 is 0 Å². The second-order valence-corrected chi connectivity index (χ2v) is 8.27. The van der Waals surface area contributed by atoms with Crippen LogP contribution in [0.5, 0.6) is 0 Å². The highest BCUT2D eigenvalue weighted by atomic mass is 14.5. The molecule has 0 saturated heterocycles. The average Bonchev–Trinajstić information content (AvgIpc) is 3.15. The molecule has 0 N–H and O–H groups in total. The lowest BCUT2D eigenvalue weighted by Gasteiger charge is -2.36. The van der Waals surface area contributed by atoms with E-state index in [0.717, 1.165) is 12.8 Å². The first-order chi connectivity index (χ1) is 15.3. The maximum atomic E-state index is 2.45. The lowest BCUT2D eigenvalue weighted by Crippen LogP contribution is -2.30. The molecule has 31 heavy (non-hydrogen) atoms. The van der Waals surface area contributed by atoms with E-state index in [1.807, 2.05) is 0 Å². The second-order valence-electron chi connectivity index (χ2n) is 8.27. The summed E-state index contributed by atoms with van der Waals surface area (Å²) in [4.78, 5) is 0. The molecular weight excluding hydrogens is 372 g/mol. The highest BCUT2D eigenvalue weighted by Crippen LogP contribution is 2.59. The maximum absolute atomic E-state index is 2.45. The summed E-state index contributed by atoms with van der Waals surface area (Å²) in [7, 11) is 0. The van der Waals surface area contributed by atoms with Gasteiger partial charge >= 0.3 is 0 Å². The Balaban J connectivity index is 1.93. The van der Waals surface area contributed by atoms with Gasteiger partial charge in [0.1, 0.15) is 0 Å². The molecule has 152 valence electrons. The summed E-state index contributed by atoms with van der Waals surface area (Å²) in [6, 6.07) is 26.7. The van der Waals surface area contributed by atoms with E-state index >= 15 is 0 Å². The van der Waals surface area contributed by atoms with E-state index in [9.17, 15) is 0 Å². The first kappa shape index (κ1) is 19.6. The van der Waals surface area contributed by atoms with Gasteiger partial charge < -0.3 is 0 Å². The third kappa shape index (κ3) is 2.90. The summed E-state index contributed by atoms with van der Waals surface area (Å²) in [6.07, 6.45) is 16.1. The van der Waals surface area contributed by atoms with Crippen LogP contribution in [0.3, 0.4) is 0 Å². The Bertz CT molecular complexity index is 1230. The van der Waals surface area contributed by atoms with Gasteiger partial charge in [-0.1, -0.05) is 109 Å². The molecular formula is C31H28. The predicted molar refractivity (Wildman–Crippen MR) is 133 cm³/mol. The van der Waals surface area contributed by atoms with Crippen molar-refractivity contribution in [3.05, 3.63) is 132 Å². The summed E-state index contributed by atoms with van der Waals surface area (Å²) in [5, 5.41) is 0. The number of rotatable bonds is 4. The Morgan fingerprint density at radius 1 is 0.774 bits per heavy atom. The van der Waals surface area contributed by atoms with Crippen molar-refractivity contribution in [2.75, 3.05) is 0 Å². The van der Waals surface area contributed by atoms with Gasteiger partial charge in [-0.15, -0.1) is 0 Å². The molecule has 3 aromatic carbocycles. The maximum Gasteiger partial charge on any atom is 0.0707 e. The fraction of sp³-hybridized carbons (Fsp3) is 0.161. The van der Waals surface area contributed by atoms with Crippen LogP contribution in [0.2, 0.25) is 0 Å². The Morgan fingerprint density at radius 2 is 1.52 bits per heavy atom. The Kier molecular flexibility index (Phi) is 5.08. The average molecular weight is 401 g/mol. The first-order valence-electron chi connectivity index (χ1n) is 11.3. The van der Waals surface area contributed by atoms with Crippen molar-refractivity contribution in [2.24, 2.45) is 0 Å². The van der Waals surface area contributed by atoms with Gasteiger partial charge in [0, 0.05) is 0 Å². The van der Waals surface area contributed by atoms with E-state index in [2.05, 4.69) is 123 Å². The molecule has 2 aliphatic rings. The normalized spacial score (nSPS) is 19.9. The van der Waals surface area contributed by atoms with Gasteiger partial charge in [0.15, 0.2) is 0 Å². The SMILES string of the molecule is C/C=C\C(=C/C)C1(C2=CCCC=C2)c2ccccc2-c2c(-c3ccccc3)cccc21. The fourth-order valence-electron chi connectivity index (χ4n) is 5.48. The van der Waals surface area contributed by atoms with Crippen molar-refractivity contribution >= 4 is 0 Å². The van der Waals surface area contributed by atoms with Gasteiger partial charge in [0.05, 0.1) is 5.41 Å². The van der Waals surface area contributed by atoms with Crippen LogP contribution in [-0.2, 0) is 5.41 Å². The minimum Gasteiger partial charge on any atom is -0.0873 e. The molecule has 5 rings (SSSR count). The van der Waals surface area contributed by atoms with E-state index in [4.69, 9.17) is 0 Å². The molecule has 0 spiro atoms. The molecule has 0 heterocycles. The van der Waals surface area contributed by atoms with E-state index in [-0.39, 0.29) is 5.41 Å². The lowest BCUT2D eigenvalue weighted by molar-refractivity contribution is 0.748. The third-order valence-corrected chi connectivity index (χ3v) is 6.67. The third-order valence-electron chi connectivity index (χ3n) is 6.67. The van der Waals surface area contributed by atoms with Crippen LogP contribution in [-0.4, -0.2) is 0 Å². The summed E-state index contributed by atoms with van der Waals surface area (Å²) < 4.78 is 0. The number of allylic oxidation sites excluding steroid dienone is 8. The molecule has 0 aliphatic heterocycles. The zero-order chi connectivity index (χ0) is 21.3. The number of hydrogen-bond donors (Lipinski definition) is 0. The highest BCUT2D eigenvalue weighted by molar-refractivity contribution is 5.95. The molecule has 0 aromatic heterocycles. The largest absolute Gasteiger partial charge is 0.0873 e. The van der Waals surface area contributed by atoms with Crippen molar-refractivity contribution in [3.63, 3.8) is 0 Å². The summed E-state index contributed by atoms with van der Waals surface area (Å²) in [6.45, 7) is 4.29. The van der Waals surface area contributed by atoms with Gasteiger partial charge in [0.2, 0.25) is 0 Å². The molecule has 1 unspecified atom stereocenters. The zero-order valence-corrected chi connectivity index (χ0v) is 18.3. The highest BCUT2D eigenvalue weighted by Gasteiger charge is 2.47. The van der Waals surface area contributed by atoms with Crippen LogP contribution in [0.4, 0.5) is 0 Å². The molecule has 0 fully saturated rings. The van der Waals surface area contributed by atoms with Gasteiger partial charge in [-0.2, -0.15) is 0 Å². The summed E-state index contributed by atoms with van der Waals surface area (Å²) >= 11 is 0. The smallest absolute Gasteiger partial charge is 0.0707 e. The Morgan fingerprint density at radius 3 is 2.26 bits per heavy atom. The predicted octanol–water partition coefficient (Wildman–Crippen LogP) is 8.42. The molecule has 0 saturated carbocycles. The monoisotopic (exact) mass is 400 g/mol. The summed E-state index contributed by atoms with van der Waals surface area (Å²) in [5.74, 6) is 0. The lowest BCUT2D eigenvalue weighted by atomic mass is 9.65. The molecule has 1 atom stereocenters. The topological polar surface area (TPSA) is 0 Å². The Hall–Kier alpha value is -3.38. The zero-order valence-electron chi connectivity index (χ0n) is 18.3. The van der Waals surface area contributed by atoms with E-state index in [1.165, 1.54) is 44.5 Å². The Labute approximate surface area is 186 Å². The number of hydrogen-bond acceptors (Lipinski definition) is 0. The van der Waals surface area contributed by atoms with Crippen LogP contribution >= 0.6 is 0 Å². The van der Waals surface area contributed by atoms with Crippen molar-refractivity contribution in [1.82, 2.24) is 0 Å². The van der Waals surface area contributed by atoms with Crippen molar-refractivity contribution in [2.45, 2.75) is 32.1 Å². The fourth-order valence-corrected chi connectivity index (χ4v) is 5.48. The van der Waals surface area contributed by atoms with Crippen molar-refractivity contribution in [1.29, 1.82) is 0 Å². The van der Waals surface area contributed by atoms with Crippen molar-refractivity contribution < 1.29 is 0 Å². The molecule has 3 aromatic rings. The van der Waals surface area contributed by atoms with Crippen LogP contribution in [0.1, 0.15) is 37.8 Å². The van der Waals surface area contributed by atoms with Gasteiger partial charge in [-0.3, -0.25) is 0 Å². The van der Waals surface area contributed by atoms with Gasteiger partial charge in [-0.05, 0) is 71.2 Å². The standard InChI is InChI=1S/C31H28/c1-3-14-24(4-2)31(25-17-9-6-10-18-25)28-21-12-11-19-27(28)30-26(20-13-22-29(30)31)23-15-7-5-8-16-23/h3-5,7-9,11-22H,6,10H2,1-2H3/b14-3-,24-4+. The van der Waals surface area contributed by atoms with Crippen LogP contribution in [0.25, 0.3) is 22.3 Å². The van der Waals surface area contributed by atoms with E-state index in [0.29, 0.717) is 0 Å². The number of fused-ring (bicyclic) bond motifs is 3. The van der Waals surface area contributed by atoms with Crippen LogP contribution in [0.15, 0.2) is 120 Å². The van der Waals surface area contributed by atoms with E-state index in [1.54, 1.807) is 0 Å².